The SMILES string of the molecule is Cc1ccc(C(C(=O)Nc2ccc3ccccc3c2)N(C(=O)C(CO)NC(=O)OC(C)(C)C)C2CC2)cc1. The van der Waals surface area contributed by atoms with Crippen molar-refractivity contribution in [3.05, 3.63) is 77.9 Å². The predicted octanol–water partition coefficient (Wildman–Crippen LogP) is 4.70. The molecule has 1 aliphatic carbocycles. The summed E-state index contributed by atoms with van der Waals surface area (Å²) in [6.07, 6.45) is 0.636. The van der Waals surface area contributed by atoms with Crippen LogP contribution in [-0.4, -0.2) is 52.2 Å². The molecule has 0 saturated heterocycles. The predicted molar refractivity (Wildman–Crippen MR) is 147 cm³/mol. The number of hydrogen-bond donors (Lipinski definition) is 3. The first-order valence-electron chi connectivity index (χ1n) is 12.8. The molecule has 0 aromatic heterocycles. The van der Waals surface area contributed by atoms with Crippen molar-refractivity contribution in [1.82, 2.24) is 10.2 Å². The van der Waals surface area contributed by atoms with Gasteiger partial charge in [0.15, 0.2) is 0 Å². The van der Waals surface area contributed by atoms with Gasteiger partial charge in [-0.2, -0.15) is 0 Å². The molecule has 3 aromatic carbocycles. The van der Waals surface area contributed by atoms with Crippen LogP contribution >= 0.6 is 0 Å². The largest absolute Gasteiger partial charge is 0.444 e. The van der Waals surface area contributed by atoms with Gasteiger partial charge in [0.05, 0.1) is 6.61 Å². The number of nitrogens with one attached hydrogen (secondary N) is 2. The highest BCUT2D eigenvalue weighted by atomic mass is 16.6. The molecule has 200 valence electrons. The number of aliphatic hydroxyl groups excluding tert-OH is 1. The van der Waals surface area contributed by atoms with Crippen LogP contribution in [0.4, 0.5) is 10.5 Å². The number of alkyl carbamates (subject to hydrolysis) is 1. The normalized spacial score (nSPS) is 14.9. The first-order valence-corrected chi connectivity index (χ1v) is 12.8. The van der Waals surface area contributed by atoms with Crippen LogP contribution < -0.4 is 10.6 Å². The van der Waals surface area contributed by atoms with Crippen molar-refractivity contribution in [2.45, 2.75) is 64.3 Å². The Balaban J connectivity index is 1.65. The van der Waals surface area contributed by atoms with Crippen LogP contribution in [0.1, 0.15) is 50.8 Å². The van der Waals surface area contributed by atoms with Gasteiger partial charge in [0.2, 0.25) is 5.91 Å². The fourth-order valence-corrected chi connectivity index (χ4v) is 4.35. The zero-order valence-electron chi connectivity index (χ0n) is 22.2. The van der Waals surface area contributed by atoms with Crippen molar-refractivity contribution in [2.75, 3.05) is 11.9 Å². The monoisotopic (exact) mass is 517 g/mol. The molecule has 2 unspecified atom stereocenters. The van der Waals surface area contributed by atoms with E-state index in [-0.39, 0.29) is 11.9 Å². The summed E-state index contributed by atoms with van der Waals surface area (Å²) in [5.41, 5.74) is 1.50. The molecule has 0 aliphatic heterocycles. The van der Waals surface area contributed by atoms with Gasteiger partial charge in [-0.1, -0.05) is 60.2 Å². The van der Waals surface area contributed by atoms with Crippen molar-refractivity contribution in [2.24, 2.45) is 0 Å². The third kappa shape index (κ3) is 6.69. The van der Waals surface area contributed by atoms with Crippen molar-refractivity contribution >= 4 is 34.4 Å². The van der Waals surface area contributed by atoms with Gasteiger partial charge in [0, 0.05) is 11.7 Å². The van der Waals surface area contributed by atoms with Crippen LogP contribution in [0.3, 0.4) is 0 Å². The second-order valence-corrected chi connectivity index (χ2v) is 10.7. The molecule has 0 bridgehead atoms. The van der Waals surface area contributed by atoms with E-state index in [0.717, 1.165) is 29.2 Å². The molecule has 3 amide bonds. The summed E-state index contributed by atoms with van der Waals surface area (Å²) in [6, 6.07) is 18.5. The summed E-state index contributed by atoms with van der Waals surface area (Å²) in [5.74, 6) is -0.918. The van der Waals surface area contributed by atoms with Gasteiger partial charge in [-0.15, -0.1) is 0 Å². The molecule has 1 aliphatic rings. The van der Waals surface area contributed by atoms with Gasteiger partial charge in [0.1, 0.15) is 17.7 Å². The van der Waals surface area contributed by atoms with Crippen molar-refractivity contribution in [3.63, 3.8) is 0 Å². The minimum Gasteiger partial charge on any atom is -0.444 e. The van der Waals surface area contributed by atoms with Crippen LogP contribution in [0, 0.1) is 6.92 Å². The zero-order chi connectivity index (χ0) is 27.4. The van der Waals surface area contributed by atoms with Gasteiger partial charge in [-0.25, -0.2) is 4.79 Å². The maximum Gasteiger partial charge on any atom is 0.408 e. The van der Waals surface area contributed by atoms with E-state index in [1.165, 1.54) is 4.90 Å². The summed E-state index contributed by atoms with van der Waals surface area (Å²) in [6.45, 7) is 6.45. The molecule has 0 heterocycles. The maximum absolute atomic E-state index is 13.9. The van der Waals surface area contributed by atoms with E-state index in [9.17, 15) is 19.5 Å². The van der Waals surface area contributed by atoms with Crippen LogP contribution in [0.2, 0.25) is 0 Å². The topological polar surface area (TPSA) is 108 Å². The number of fused-ring (bicyclic) bond motifs is 1. The smallest absolute Gasteiger partial charge is 0.408 e. The number of carbonyl (C=O) groups excluding carboxylic acids is 3. The standard InChI is InChI=1S/C30H35N3O5/c1-19-9-11-21(12-10-19)26(27(35)31-23-14-13-20-7-5-6-8-22(20)17-23)33(24-15-16-24)28(36)25(18-34)32-29(37)38-30(2,3)4/h5-14,17,24-26,34H,15-16,18H2,1-4H3,(H,31,35)(H,32,37). The van der Waals surface area contributed by atoms with Gasteiger partial charge in [-0.3, -0.25) is 9.59 Å². The highest BCUT2D eigenvalue weighted by Crippen LogP contribution is 2.36. The van der Waals surface area contributed by atoms with Crippen molar-refractivity contribution < 1.29 is 24.2 Å². The van der Waals surface area contributed by atoms with Crippen LogP contribution in [-0.2, 0) is 14.3 Å². The Hall–Kier alpha value is -3.91. The highest BCUT2D eigenvalue weighted by molar-refractivity contribution is 6.00. The first-order chi connectivity index (χ1) is 18.1. The van der Waals surface area contributed by atoms with Crippen LogP contribution in [0.5, 0.6) is 0 Å². The van der Waals surface area contributed by atoms with Gasteiger partial charge >= 0.3 is 6.09 Å². The molecule has 2 atom stereocenters. The molecule has 1 fully saturated rings. The van der Waals surface area contributed by atoms with E-state index < -0.39 is 36.3 Å². The lowest BCUT2D eigenvalue weighted by Crippen LogP contribution is -2.54. The van der Waals surface area contributed by atoms with E-state index >= 15 is 0 Å². The second-order valence-electron chi connectivity index (χ2n) is 10.7. The highest BCUT2D eigenvalue weighted by Gasteiger charge is 2.44. The number of hydrogen-bond acceptors (Lipinski definition) is 5. The molecule has 8 heteroatoms. The van der Waals surface area contributed by atoms with E-state index in [0.29, 0.717) is 11.3 Å². The fourth-order valence-electron chi connectivity index (χ4n) is 4.35. The number of nitrogens with zero attached hydrogens (tertiary/aromatic N) is 1. The van der Waals surface area contributed by atoms with E-state index in [2.05, 4.69) is 10.6 Å². The molecule has 3 N–H and O–H groups in total. The number of carbonyl (C=O) groups is 3. The molecule has 1 saturated carbocycles. The number of aliphatic hydroxyl groups is 1. The third-order valence-electron chi connectivity index (χ3n) is 6.30. The number of ether oxygens (including phenoxy) is 1. The summed E-state index contributed by atoms with van der Waals surface area (Å²) in [5, 5.41) is 17.5. The summed E-state index contributed by atoms with van der Waals surface area (Å²) < 4.78 is 5.28. The molecule has 0 radical (unpaired) electrons. The minimum atomic E-state index is -1.26. The number of aryl methyl sites for hydroxylation is 1. The van der Waals surface area contributed by atoms with Crippen molar-refractivity contribution in [1.29, 1.82) is 0 Å². The molecule has 3 aromatic rings. The average Bonchev–Trinajstić information content (AvgIpc) is 3.70. The zero-order valence-corrected chi connectivity index (χ0v) is 22.2. The first kappa shape index (κ1) is 27.1. The van der Waals surface area contributed by atoms with Gasteiger partial charge in [-0.05, 0) is 69.0 Å². The van der Waals surface area contributed by atoms with Gasteiger partial charge in [0.25, 0.3) is 5.91 Å². The fraction of sp³-hybridized carbons (Fsp3) is 0.367. The summed E-state index contributed by atoms with van der Waals surface area (Å²) in [4.78, 5) is 41.5. The van der Waals surface area contributed by atoms with Crippen LogP contribution in [0.25, 0.3) is 10.8 Å². The lowest BCUT2D eigenvalue weighted by atomic mass is 10.0. The number of benzene rings is 3. The van der Waals surface area contributed by atoms with E-state index in [4.69, 9.17) is 4.74 Å². The Bertz CT molecular complexity index is 1310. The Kier molecular flexibility index (Phi) is 8.02. The summed E-state index contributed by atoms with van der Waals surface area (Å²) in [7, 11) is 0. The average molecular weight is 518 g/mol. The Morgan fingerprint density at radius 3 is 2.26 bits per heavy atom. The van der Waals surface area contributed by atoms with Crippen molar-refractivity contribution in [3.8, 4) is 0 Å². The maximum atomic E-state index is 13.9. The number of rotatable bonds is 8. The quantitative estimate of drug-likeness (QED) is 0.401. The molecular weight excluding hydrogens is 482 g/mol. The van der Waals surface area contributed by atoms with E-state index in [1.54, 1.807) is 20.8 Å². The number of anilines is 1. The molecule has 0 spiro atoms. The van der Waals surface area contributed by atoms with Crippen LogP contribution in [0.15, 0.2) is 66.7 Å². The Morgan fingerprint density at radius 2 is 1.66 bits per heavy atom. The Morgan fingerprint density at radius 1 is 1.00 bits per heavy atom. The molecular formula is C30H35N3O5. The Labute approximate surface area is 223 Å². The molecule has 8 nitrogen and oxygen atoms in total. The van der Waals surface area contributed by atoms with Gasteiger partial charge < -0.3 is 25.4 Å². The molecule has 38 heavy (non-hydrogen) atoms. The number of amides is 3. The lowest BCUT2D eigenvalue weighted by molar-refractivity contribution is -0.142. The minimum absolute atomic E-state index is 0.189. The second kappa shape index (κ2) is 11.2. The summed E-state index contributed by atoms with van der Waals surface area (Å²) >= 11 is 0. The van der Waals surface area contributed by atoms with E-state index in [1.807, 2.05) is 73.7 Å². The third-order valence-corrected chi connectivity index (χ3v) is 6.30. The molecule has 4 rings (SSSR count). The lowest BCUT2D eigenvalue weighted by Gasteiger charge is -2.34.